The van der Waals surface area contributed by atoms with Gasteiger partial charge in [0, 0.05) is 12.5 Å². The highest BCUT2D eigenvalue weighted by Gasteiger charge is 2.08. The average molecular weight is 218 g/mol. The van der Waals surface area contributed by atoms with E-state index in [4.69, 9.17) is 4.42 Å². The Kier molecular flexibility index (Phi) is 3.01. The van der Waals surface area contributed by atoms with Gasteiger partial charge in [0.25, 0.3) is 0 Å². The summed E-state index contributed by atoms with van der Waals surface area (Å²) in [6.07, 6.45) is 0. The summed E-state index contributed by atoms with van der Waals surface area (Å²) < 4.78 is 5.35. The molecule has 4 nitrogen and oxygen atoms in total. The number of ketones is 1. The molecule has 0 aliphatic rings. The lowest BCUT2D eigenvalue weighted by Crippen LogP contribution is -2.22. The van der Waals surface area contributed by atoms with E-state index in [1.54, 1.807) is 25.1 Å². The summed E-state index contributed by atoms with van der Waals surface area (Å²) >= 11 is 0. The molecule has 0 fully saturated rings. The third kappa shape index (κ3) is 2.12. The fourth-order valence-electron chi connectivity index (χ4n) is 1.56. The van der Waals surface area contributed by atoms with Gasteiger partial charge in [-0.15, -0.1) is 0 Å². The molecule has 1 heterocycles. The van der Waals surface area contributed by atoms with Crippen molar-refractivity contribution in [2.75, 3.05) is 13.1 Å². The third-order valence-electron chi connectivity index (χ3n) is 2.35. The van der Waals surface area contributed by atoms with E-state index < -0.39 is 0 Å². The number of aryl methyl sites for hydroxylation is 1. The summed E-state index contributed by atoms with van der Waals surface area (Å²) in [4.78, 5) is 15.9. The molecule has 0 atom stereocenters. The molecule has 0 unspecified atom stereocenters. The Morgan fingerprint density at radius 3 is 3.06 bits per heavy atom. The highest BCUT2D eigenvalue weighted by Crippen LogP contribution is 2.16. The van der Waals surface area contributed by atoms with Crippen LogP contribution in [0.3, 0.4) is 0 Å². The summed E-state index contributed by atoms with van der Waals surface area (Å²) in [5, 5.41) is 3.01. The molecular formula is C12H14N2O2. The van der Waals surface area contributed by atoms with E-state index in [-0.39, 0.29) is 5.78 Å². The molecule has 4 heteroatoms. The van der Waals surface area contributed by atoms with E-state index in [0.29, 0.717) is 18.0 Å². The van der Waals surface area contributed by atoms with E-state index in [9.17, 15) is 4.79 Å². The maximum Gasteiger partial charge on any atom is 0.192 e. The predicted octanol–water partition coefficient (Wildman–Crippen LogP) is 1.93. The number of fused-ring (bicyclic) bond motifs is 1. The molecule has 0 bridgehead atoms. The SMILES string of the molecule is CCNCC(=O)c1ccc2oc(C)nc2c1. The molecule has 0 saturated carbocycles. The molecule has 1 aromatic carbocycles. The van der Waals surface area contributed by atoms with Crippen LogP contribution in [0.5, 0.6) is 0 Å². The van der Waals surface area contributed by atoms with Crippen LogP contribution in [-0.2, 0) is 0 Å². The minimum Gasteiger partial charge on any atom is -0.441 e. The smallest absolute Gasteiger partial charge is 0.192 e. The molecule has 2 rings (SSSR count). The molecule has 1 aromatic heterocycles. The van der Waals surface area contributed by atoms with Gasteiger partial charge in [-0.25, -0.2) is 4.98 Å². The van der Waals surface area contributed by atoms with Crippen molar-refractivity contribution in [3.63, 3.8) is 0 Å². The van der Waals surface area contributed by atoms with Crippen LogP contribution in [-0.4, -0.2) is 23.9 Å². The summed E-state index contributed by atoms with van der Waals surface area (Å²) in [5.41, 5.74) is 2.12. The molecule has 84 valence electrons. The lowest BCUT2D eigenvalue weighted by Gasteiger charge is -2.00. The molecule has 2 aromatic rings. The second-order valence-corrected chi connectivity index (χ2v) is 3.62. The van der Waals surface area contributed by atoms with Crippen molar-refractivity contribution in [3.8, 4) is 0 Å². The Morgan fingerprint density at radius 1 is 1.50 bits per heavy atom. The van der Waals surface area contributed by atoms with Gasteiger partial charge in [0.2, 0.25) is 0 Å². The second kappa shape index (κ2) is 4.45. The van der Waals surface area contributed by atoms with Crippen LogP contribution >= 0.6 is 0 Å². The van der Waals surface area contributed by atoms with Gasteiger partial charge in [-0.05, 0) is 24.7 Å². The van der Waals surface area contributed by atoms with Gasteiger partial charge in [-0.2, -0.15) is 0 Å². The largest absolute Gasteiger partial charge is 0.441 e. The molecule has 16 heavy (non-hydrogen) atoms. The highest BCUT2D eigenvalue weighted by atomic mass is 16.3. The third-order valence-corrected chi connectivity index (χ3v) is 2.35. The van der Waals surface area contributed by atoms with Crippen molar-refractivity contribution in [1.82, 2.24) is 10.3 Å². The lowest BCUT2D eigenvalue weighted by molar-refractivity contribution is 0.0992. The minimum absolute atomic E-state index is 0.0735. The Balaban J connectivity index is 2.28. The van der Waals surface area contributed by atoms with E-state index >= 15 is 0 Å². The number of oxazole rings is 1. The summed E-state index contributed by atoms with van der Waals surface area (Å²) in [5.74, 6) is 0.690. The number of nitrogens with one attached hydrogen (secondary N) is 1. The van der Waals surface area contributed by atoms with Crippen molar-refractivity contribution >= 4 is 16.9 Å². The fourth-order valence-corrected chi connectivity index (χ4v) is 1.56. The van der Waals surface area contributed by atoms with E-state index in [1.807, 2.05) is 6.92 Å². The van der Waals surface area contributed by atoms with Gasteiger partial charge in [-0.3, -0.25) is 4.79 Å². The first-order valence-corrected chi connectivity index (χ1v) is 5.32. The topological polar surface area (TPSA) is 55.1 Å². The first-order chi connectivity index (χ1) is 7.70. The number of rotatable bonds is 4. The van der Waals surface area contributed by atoms with Gasteiger partial charge in [0.05, 0.1) is 6.54 Å². The number of hydrogen-bond donors (Lipinski definition) is 1. The van der Waals surface area contributed by atoms with Crippen molar-refractivity contribution in [2.24, 2.45) is 0 Å². The minimum atomic E-state index is 0.0735. The van der Waals surface area contributed by atoms with Crippen LogP contribution in [0.2, 0.25) is 0 Å². The van der Waals surface area contributed by atoms with Crippen LogP contribution in [0, 0.1) is 6.92 Å². The molecular weight excluding hydrogens is 204 g/mol. The highest BCUT2D eigenvalue weighted by molar-refractivity contribution is 5.99. The van der Waals surface area contributed by atoms with Crippen LogP contribution < -0.4 is 5.32 Å². The van der Waals surface area contributed by atoms with Crippen molar-refractivity contribution in [2.45, 2.75) is 13.8 Å². The zero-order chi connectivity index (χ0) is 11.5. The van der Waals surface area contributed by atoms with E-state index in [1.165, 1.54) is 0 Å². The van der Waals surface area contributed by atoms with Crippen molar-refractivity contribution < 1.29 is 9.21 Å². The molecule has 0 radical (unpaired) electrons. The standard InChI is InChI=1S/C12H14N2O2/c1-3-13-7-11(15)9-4-5-12-10(6-9)14-8(2)16-12/h4-6,13H,3,7H2,1-2H3. The fraction of sp³-hybridized carbons (Fsp3) is 0.333. The molecule has 0 spiro atoms. The van der Waals surface area contributed by atoms with Crippen LogP contribution in [0.1, 0.15) is 23.2 Å². The molecule has 1 N–H and O–H groups in total. The second-order valence-electron chi connectivity index (χ2n) is 3.62. The maximum atomic E-state index is 11.7. The van der Waals surface area contributed by atoms with Gasteiger partial charge < -0.3 is 9.73 Å². The zero-order valence-corrected chi connectivity index (χ0v) is 9.41. The number of carbonyl (C=O) groups excluding carboxylic acids is 1. The molecule has 0 saturated heterocycles. The number of likely N-dealkylation sites (N-methyl/N-ethyl adjacent to an activating group) is 1. The number of carbonyl (C=O) groups is 1. The van der Waals surface area contributed by atoms with Crippen molar-refractivity contribution in [3.05, 3.63) is 29.7 Å². The normalized spacial score (nSPS) is 10.9. The zero-order valence-electron chi connectivity index (χ0n) is 9.41. The van der Waals surface area contributed by atoms with Gasteiger partial charge >= 0.3 is 0 Å². The summed E-state index contributed by atoms with van der Waals surface area (Å²) in [6.45, 7) is 4.91. The predicted molar refractivity (Wildman–Crippen MR) is 61.6 cm³/mol. The number of benzene rings is 1. The Morgan fingerprint density at radius 2 is 2.31 bits per heavy atom. The first-order valence-electron chi connectivity index (χ1n) is 5.32. The van der Waals surface area contributed by atoms with Crippen LogP contribution in [0.15, 0.2) is 22.6 Å². The molecule has 0 aliphatic carbocycles. The van der Waals surface area contributed by atoms with Crippen molar-refractivity contribution in [1.29, 1.82) is 0 Å². The number of nitrogens with zero attached hydrogens (tertiary/aromatic N) is 1. The first kappa shape index (κ1) is 10.8. The maximum absolute atomic E-state index is 11.7. The number of aromatic nitrogens is 1. The van der Waals surface area contributed by atoms with E-state index in [0.717, 1.165) is 17.6 Å². The Labute approximate surface area is 93.7 Å². The van der Waals surface area contributed by atoms with Gasteiger partial charge in [-0.1, -0.05) is 6.92 Å². The summed E-state index contributed by atoms with van der Waals surface area (Å²) in [7, 11) is 0. The monoisotopic (exact) mass is 218 g/mol. The lowest BCUT2D eigenvalue weighted by atomic mass is 10.1. The van der Waals surface area contributed by atoms with Gasteiger partial charge in [0.15, 0.2) is 17.3 Å². The quantitative estimate of drug-likeness (QED) is 0.797. The average Bonchev–Trinajstić information content (AvgIpc) is 2.64. The van der Waals surface area contributed by atoms with Gasteiger partial charge in [0.1, 0.15) is 5.52 Å². The molecule has 0 aliphatic heterocycles. The number of hydrogen-bond acceptors (Lipinski definition) is 4. The Hall–Kier alpha value is -1.68. The van der Waals surface area contributed by atoms with Crippen LogP contribution in [0.4, 0.5) is 0 Å². The number of Topliss-reactive ketones (excluding diaryl/α,β-unsaturated/α-hetero) is 1. The molecule has 0 amide bonds. The van der Waals surface area contributed by atoms with Crippen LogP contribution in [0.25, 0.3) is 11.1 Å². The van der Waals surface area contributed by atoms with E-state index in [2.05, 4.69) is 10.3 Å². The Bertz CT molecular complexity index is 517. The summed E-state index contributed by atoms with van der Waals surface area (Å²) in [6, 6.07) is 5.33.